The summed E-state index contributed by atoms with van der Waals surface area (Å²) in [7, 11) is 3.31. The molecule has 0 saturated carbocycles. The SMILES string of the molecule is COc1cccc(OC)c1OCCCCCCN1CC(C)CC(C)C1. The van der Waals surface area contributed by atoms with E-state index in [1.165, 1.54) is 45.3 Å². The van der Waals surface area contributed by atoms with Crippen LogP contribution < -0.4 is 14.2 Å². The van der Waals surface area contributed by atoms with E-state index in [4.69, 9.17) is 14.2 Å². The second-order valence-electron chi connectivity index (χ2n) is 7.46. The van der Waals surface area contributed by atoms with Gasteiger partial charge in [0.25, 0.3) is 0 Å². The van der Waals surface area contributed by atoms with Crippen LogP contribution in [-0.4, -0.2) is 45.4 Å². The predicted octanol–water partition coefficient (Wildman–Crippen LogP) is 4.62. The number of methoxy groups -OCH3 is 2. The van der Waals surface area contributed by atoms with Crippen molar-refractivity contribution in [1.29, 1.82) is 0 Å². The molecule has 2 unspecified atom stereocenters. The number of hydrogen-bond acceptors (Lipinski definition) is 4. The zero-order valence-electron chi connectivity index (χ0n) is 16.4. The summed E-state index contributed by atoms with van der Waals surface area (Å²) in [5, 5.41) is 0. The topological polar surface area (TPSA) is 30.9 Å². The highest BCUT2D eigenvalue weighted by Gasteiger charge is 2.20. The van der Waals surface area contributed by atoms with Crippen LogP contribution in [0.2, 0.25) is 0 Å². The second-order valence-corrected chi connectivity index (χ2v) is 7.46. The molecule has 142 valence electrons. The zero-order chi connectivity index (χ0) is 18.1. The molecule has 1 saturated heterocycles. The lowest BCUT2D eigenvalue weighted by molar-refractivity contribution is 0.138. The van der Waals surface area contributed by atoms with Crippen molar-refractivity contribution >= 4 is 0 Å². The number of para-hydroxylation sites is 1. The minimum absolute atomic E-state index is 0.703. The Morgan fingerprint density at radius 3 is 2.12 bits per heavy atom. The Morgan fingerprint density at radius 2 is 1.52 bits per heavy atom. The molecule has 0 amide bonds. The van der Waals surface area contributed by atoms with Crippen molar-refractivity contribution in [2.75, 3.05) is 40.5 Å². The van der Waals surface area contributed by atoms with Gasteiger partial charge in [-0.05, 0) is 49.8 Å². The van der Waals surface area contributed by atoms with E-state index in [1.807, 2.05) is 18.2 Å². The molecule has 0 aliphatic carbocycles. The monoisotopic (exact) mass is 349 g/mol. The fourth-order valence-corrected chi connectivity index (χ4v) is 3.90. The molecule has 1 aromatic carbocycles. The van der Waals surface area contributed by atoms with Crippen LogP contribution in [0, 0.1) is 11.8 Å². The van der Waals surface area contributed by atoms with E-state index in [1.54, 1.807) is 14.2 Å². The molecule has 25 heavy (non-hydrogen) atoms. The molecule has 1 aliphatic rings. The number of rotatable bonds is 10. The van der Waals surface area contributed by atoms with Crippen molar-refractivity contribution in [2.24, 2.45) is 11.8 Å². The van der Waals surface area contributed by atoms with Crippen LogP contribution in [0.1, 0.15) is 46.0 Å². The summed E-state index contributed by atoms with van der Waals surface area (Å²) in [5.41, 5.74) is 0. The Bertz CT molecular complexity index is 474. The van der Waals surface area contributed by atoms with Gasteiger partial charge in [0.2, 0.25) is 5.75 Å². The third-order valence-electron chi connectivity index (χ3n) is 4.94. The van der Waals surface area contributed by atoms with Crippen LogP contribution >= 0.6 is 0 Å². The fraction of sp³-hybridized carbons (Fsp3) is 0.714. The quantitative estimate of drug-likeness (QED) is 0.577. The average molecular weight is 350 g/mol. The summed E-state index contributed by atoms with van der Waals surface area (Å²) in [6.45, 7) is 9.27. The maximum absolute atomic E-state index is 5.91. The van der Waals surface area contributed by atoms with Crippen molar-refractivity contribution < 1.29 is 14.2 Å². The van der Waals surface area contributed by atoms with Crippen LogP contribution in [0.5, 0.6) is 17.2 Å². The van der Waals surface area contributed by atoms with E-state index in [0.717, 1.165) is 29.8 Å². The summed E-state index contributed by atoms with van der Waals surface area (Å²) < 4.78 is 16.6. The van der Waals surface area contributed by atoms with E-state index >= 15 is 0 Å². The summed E-state index contributed by atoms with van der Waals surface area (Å²) in [6.07, 6.45) is 6.22. The summed E-state index contributed by atoms with van der Waals surface area (Å²) in [4.78, 5) is 2.65. The van der Waals surface area contributed by atoms with Crippen LogP contribution in [0.4, 0.5) is 0 Å². The molecular weight excluding hydrogens is 314 g/mol. The van der Waals surface area contributed by atoms with E-state index in [9.17, 15) is 0 Å². The number of ether oxygens (including phenoxy) is 3. The third-order valence-corrected chi connectivity index (χ3v) is 4.94. The molecule has 2 rings (SSSR count). The zero-order valence-corrected chi connectivity index (χ0v) is 16.4. The standard InChI is InChI=1S/C21H35NO3/c1-17-14-18(2)16-22(15-17)12-7-5-6-8-13-25-21-19(23-3)10-9-11-20(21)24-4/h9-11,17-18H,5-8,12-16H2,1-4H3. The fourth-order valence-electron chi connectivity index (χ4n) is 3.90. The molecule has 0 N–H and O–H groups in total. The number of nitrogens with zero attached hydrogens (tertiary/aromatic N) is 1. The lowest BCUT2D eigenvalue weighted by Gasteiger charge is -2.34. The van der Waals surface area contributed by atoms with Gasteiger partial charge in [-0.25, -0.2) is 0 Å². The first-order valence-electron chi connectivity index (χ1n) is 9.70. The molecule has 1 aromatic rings. The highest BCUT2D eigenvalue weighted by molar-refractivity contribution is 5.51. The number of hydrogen-bond donors (Lipinski definition) is 0. The van der Waals surface area contributed by atoms with Crippen molar-refractivity contribution in [2.45, 2.75) is 46.0 Å². The maximum atomic E-state index is 5.91. The van der Waals surface area contributed by atoms with Gasteiger partial charge in [0, 0.05) is 13.1 Å². The van der Waals surface area contributed by atoms with Gasteiger partial charge in [-0.3, -0.25) is 0 Å². The van der Waals surface area contributed by atoms with E-state index in [-0.39, 0.29) is 0 Å². The molecule has 1 heterocycles. The third kappa shape index (κ3) is 6.43. The van der Waals surface area contributed by atoms with E-state index in [0.29, 0.717) is 12.4 Å². The number of piperidine rings is 1. The van der Waals surface area contributed by atoms with E-state index < -0.39 is 0 Å². The van der Waals surface area contributed by atoms with Gasteiger partial charge in [-0.2, -0.15) is 0 Å². The van der Waals surface area contributed by atoms with Crippen molar-refractivity contribution in [3.05, 3.63) is 18.2 Å². The minimum Gasteiger partial charge on any atom is -0.493 e. The maximum Gasteiger partial charge on any atom is 0.203 e. The highest BCUT2D eigenvalue weighted by Crippen LogP contribution is 2.36. The van der Waals surface area contributed by atoms with Crippen LogP contribution in [0.15, 0.2) is 18.2 Å². The van der Waals surface area contributed by atoms with Gasteiger partial charge in [0.15, 0.2) is 11.5 Å². The first-order valence-corrected chi connectivity index (χ1v) is 9.70. The number of likely N-dealkylation sites (tertiary alicyclic amines) is 1. The van der Waals surface area contributed by atoms with Gasteiger partial charge in [0.05, 0.1) is 20.8 Å². The van der Waals surface area contributed by atoms with Crippen LogP contribution in [0.25, 0.3) is 0 Å². The Kier molecular flexibility index (Phi) is 8.39. The molecule has 1 aliphatic heterocycles. The van der Waals surface area contributed by atoms with Gasteiger partial charge >= 0.3 is 0 Å². The normalized spacial score (nSPS) is 21.1. The first-order chi connectivity index (χ1) is 12.1. The molecule has 2 atom stereocenters. The summed E-state index contributed by atoms with van der Waals surface area (Å²) in [6, 6.07) is 5.71. The molecule has 4 nitrogen and oxygen atoms in total. The molecule has 1 fully saturated rings. The van der Waals surface area contributed by atoms with Crippen molar-refractivity contribution in [1.82, 2.24) is 4.90 Å². The van der Waals surface area contributed by atoms with Crippen LogP contribution in [0.3, 0.4) is 0 Å². The summed E-state index contributed by atoms with van der Waals surface area (Å²) >= 11 is 0. The minimum atomic E-state index is 0.703. The Balaban J connectivity index is 1.61. The Labute approximate surface area is 153 Å². The number of unbranched alkanes of at least 4 members (excludes halogenated alkanes) is 3. The first kappa shape index (κ1) is 19.9. The van der Waals surface area contributed by atoms with E-state index in [2.05, 4.69) is 18.7 Å². The van der Waals surface area contributed by atoms with Gasteiger partial charge in [-0.1, -0.05) is 32.8 Å². The summed E-state index contributed by atoms with van der Waals surface area (Å²) in [5.74, 6) is 3.88. The van der Waals surface area contributed by atoms with Gasteiger partial charge < -0.3 is 19.1 Å². The van der Waals surface area contributed by atoms with Gasteiger partial charge in [0.1, 0.15) is 0 Å². The highest BCUT2D eigenvalue weighted by atomic mass is 16.5. The van der Waals surface area contributed by atoms with Crippen molar-refractivity contribution in [3.63, 3.8) is 0 Å². The number of benzene rings is 1. The second kappa shape index (κ2) is 10.5. The molecule has 0 bridgehead atoms. The predicted molar refractivity (Wildman–Crippen MR) is 103 cm³/mol. The lowest BCUT2D eigenvalue weighted by Crippen LogP contribution is -2.39. The molecule has 0 aromatic heterocycles. The molecule has 0 spiro atoms. The average Bonchev–Trinajstić information content (AvgIpc) is 2.59. The van der Waals surface area contributed by atoms with Crippen molar-refractivity contribution in [3.8, 4) is 17.2 Å². The molecule has 0 radical (unpaired) electrons. The van der Waals surface area contributed by atoms with Gasteiger partial charge in [-0.15, -0.1) is 0 Å². The smallest absolute Gasteiger partial charge is 0.203 e. The lowest BCUT2D eigenvalue weighted by atomic mass is 9.92. The Hall–Kier alpha value is -1.42. The molecule has 4 heteroatoms. The molecular formula is C21H35NO3. The van der Waals surface area contributed by atoms with Crippen LogP contribution in [-0.2, 0) is 0 Å². The largest absolute Gasteiger partial charge is 0.493 e. The Morgan fingerprint density at radius 1 is 0.920 bits per heavy atom.